The smallest absolute Gasteiger partial charge is 0.240 e. The van der Waals surface area contributed by atoms with Crippen LogP contribution in [0.1, 0.15) is 5.82 Å². The Morgan fingerprint density at radius 3 is 2.28 bits per heavy atom. The molecule has 0 spiro atoms. The van der Waals surface area contributed by atoms with Crippen LogP contribution in [0.2, 0.25) is 0 Å². The van der Waals surface area contributed by atoms with Crippen LogP contribution in [0, 0.1) is 18.6 Å². The largest absolute Gasteiger partial charge is 0.369 e. The van der Waals surface area contributed by atoms with Crippen LogP contribution in [0.25, 0.3) is 0 Å². The molecule has 0 amide bonds. The van der Waals surface area contributed by atoms with E-state index in [-0.39, 0.29) is 13.1 Å². The average molecular weight is 371 g/mol. The zero-order valence-electron chi connectivity index (χ0n) is 14.0. The third-order valence-electron chi connectivity index (χ3n) is 3.15. The number of anilines is 2. The fraction of sp³-hybridized carbons (Fsp3) is 0.333. The van der Waals surface area contributed by atoms with E-state index in [2.05, 4.69) is 20.0 Å². The Morgan fingerprint density at radius 1 is 1.04 bits per heavy atom. The molecule has 0 radical (unpaired) electrons. The number of sulfonamides is 1. The molecule has 2 aromatic rings. The number of rotatable bonds is 7. The van der Waals surface area contributed by atoms with Crippen LogP contribution in [-0.2, 0) is 10.0 Å². The second kappa shape index (κ2) is 7.70. The minimum absolute atomic E-state index is 0.0147. The van der Waals surface area contributed by atoms with Crippen molar-refractivity contribution in [2.24, 2.45) is 0 Å². The molecule has 1 aromatic heterocycles. The third kappa shape index (κ3) is 5.33. The monoisotopic (exact) mass is 371 g/mol. The molecule has 0 fully saturated rings. The van der Waals surface area contributed by atoms with Crippen molar-refractivity contribution in [2.75, 3.05) is 37.4 Å². The molecule has 1 aromatic carbocycles. The maximum atomic E-state index is 13.1. The second-order valence-electron chi connectivity index (χ2n) is 5.48. The second-order valence-corrected chi connectivity index (χ2v) is 7.25. The Hall–Kier alpha value is -2.33. The number of aromatic nitrogens is 2. The summed E-state index contributed by atoms with van der Waals surface area (Å²) in [7, 11) is -0.310. The summed E-state index contributed by atoms with van der Waals surface area (Å²) in [6.45, 7) is 2.00. The molecule has 0 aliphatic carbocycles. The first-order valence-electron chi connectivity index (χ1n) is 7.40. The Balaban J connectivity index is 1.96. The zero-order chi connectivity index (χ0) is 18.6. The van der Waals surface area contributed by atoms with Crippen molar-refractivity contribution < 1.29 is 17.2 Å². The minimum atomic E-state index is -4.00. The highest BCUT2D eigenvalue weighted by atomic mass is 32.2. The Bertz CT molecular complexity index is 839. The van der Waals surface area contributed by atoms with E-state index in [0.29, 0.717) is 23.5 Å². The van der Waals surface area contributed by atoms with E-state index in [1.807, 2.05) is 19.0 Å². The normalized spacial score (nSPS) is 11.4. The summed E-state index contributed by atoms with van der Waals surface area (Å²) in [5.41, 5.74) is 0. The molecule has 0 unspecified atom stereocenters. The van der Waals surface area contributed by atoms with Gasteiger partial charge in [0.05, 0.1) is 4.90 Å². The number of hydrogen-bond acceptors (Lipinski definition) is 6. The van der Waals surface area contributed by atoms with E-state index < -0.39 is 26.6 Å². The van der Waals surface area contributed by atoms with E-state index in [9.17, 15) is 17.2 Å². The number of benzene rings is 1. The van der Waals surface area contributed by atoms with E-state index >= 15 is 0 Å². The Morgan fingerprint density at radius 2 is 1.68 bits per heavy atom. The predicted molar refractivity (Wildman–Crippen MR) is 91.1 cm³/mol. The van der Waals surface area contributed by atoms with Crippen LogP contribution in [-0.4, -0.2) is 45.6 Å². The van der Waals surface area contributed by atoms with Gasteiger partial charge in [0.15, 0.2) is 0 Å². The molecule has 1 heterocycles. The molecule has 2 rings (SSSR count). The van der Waals surface area contributed by atoms with Crippen molar-refractivity contribution in [3.63, 3.8) is 0 Å². The number of hydrogen-bond donors (Lipinski definition) is 2. The molecular formula is C15H19F2N5O2S. The van der Waals surface area contributed by atoms with Gasteiger partial charge in [-0.25, -0.2) is 31.9 Å². The fourth-order valence-electron chi connectivity index (χ4n) is 2.01. The van der Waals surface area contributed by atoms with Gasteiger partial charge < -0.3 is 10.2 Å². The lowest BCUT2D eigenvalue weighted by atomic mass is 10.3. The molecule has 25 heavy (non-hydrogen) atoms. The molecule has 7 nitrogen and oxygen atoms in total. The van der Waals surface area contributed by atoms with Crippen LogP contribution in [0.15, 0.2) is 29.2 Å². The zero-order valence-corrected chi connectivity index (χ0v) is 14.9. The van der Waals surface area contributed by atoms with Gasteiger partial charge in [0, 0.05) is 39.3 Å². The number of halogens is 2. The third-order valence-corrected chi connectivity index (χ3v) is 4.59. The van der Waals surface area contributed by atoms with E-state index in [0.717, 1.165) is 12.1 Å². The van der Waals surface area contributed by atoms with E-state index in [4.69, 9.17) is 0 Å². The minimum Gasteiger partial charge on any atom is -0.369 e. The van der Waals surface area contributed by atoms with E-state index in [1.54, 1.807) is 13.0 Å². The molecule has 0 saturated carbocycles. The molecular weight excluding hydrogens is 352 g/mol. The SMILES string of the molecule is Cc1nc(NCCNS(=O)(=O)c2cc(F)cc(F)c2)cc(N(C)C)n1. The highest BCUT2D eigenvalue weighted by Gasteiger charge is 2.15. The summed E-state index contributed by atoms with van der Waals surface area (Å²) in [6, 6.07) is 3.86. The van der Waals surface area contributed by atoms with E-state index in [1.165, 1.54) is 0 Å². The van der Waals surface area contributed by atoms with Crippen LogP contribution in [0.5, 0.6) is 0 Å². The lowest BCUT2D eigenvalue weighted by Gasteiger charge is -2.14. The van der Waals surface area contributed by atoms with Crippen LogP contribution < -0.4 is 14.9 Å². The van der Waals surface area contributed by atoms with Crippen molar-refractivity contribution >= 4 is 21.7 Å². The van der Waals surface area contributed by atoms with Crippen molar-refractivity contribution in [1.82, 2.24) is 14.7 Å². The van der Waals surface area contributed by atoms with Gasteiger partial charge in [-0.05, 0) is 19.1 Å². The van der Waals surface area contributed by atoms with Gasteiger partial charge in [-0.15, -0.1) is 0 Å². The van der Waals surface area contributed by atoms with Gasteiger partial charge in [0.1, 0.15) is 29.1 Å². The predicted octanol–water partition coefficient (Wildman–Crippen LogP) is 1.52. The summed E-state index contributed by atoms with van der Waals surface area (Å²) in [6.07, 6.45) is 0. The van der Waals surface area contributed by atoms with Crippen molar-refractivity contribution in [3.8, 4) is 0 Å². The summed E-state index contributed by atoms with van der Waals surface area (Å²) in [5.74, 6) is -0.0696. The maximum absolute atomic E-state index is 13.1. The highest BCUT2D eigenvalue weighted by molar-refractivity contribution is 7.89. The summed E-state index contributed by atoms with van der Waals surface area (Å²) in [4.78, 5) is 9.82. The first kappa shape index (κ1) is 19.0. The van der Waals surface area contributed by atoms with Gasteiger partial charge >= 0.3 is 0 Å². The highest BCUT2D eigenvalue weighted by Crippen LogP contribution is 2.14. The first-order valence-corrected chi connectivity index (χ1v) is 8.88. The molecule has 2 N–H and O–H groups in total. The number of nitrogens with zero attached hydrogens (tertiary/aromatic N) is 3. The molecule has 0 aliphatic rings. The fourth-order valence-corrected chi connectivity index (χ4v) is 3.09. The first-order chi connectivity index (χ1) is 11.7. The van der Waals surface area contributed by atoms with Crippen molar-refractivity contribution in [3.05, 3.63) is 41.7 Å². The maximum Gasteiger partial charge on any atom is 0.240 e. The van der Waals surface area contributed by atoms with Gasteiger partial charge in [0.25, 0.3) is 0 Å². The number of nitrogens with one attached hydrogen (secondary N) is 2. The molecule has 0 saturated heterocycles. The molecule has 0 aliphatic heterocycles. The molecule has 136 valence electrons. The molecule has 10 heteroatoms. The lowest BCUT2D eigenvalue weighted by Crippen LogP contribution is -2.29. The average Bonchev–Trinajstić information content (AvgIpc) is 2.50. The molecule has 0 bridgehead atoms. The number of aryl methyl sites for hydroxylation is 1. The lowest BCUT2D eigenvalue weighted by molar-refractivity contribution is 0.562. The topological polar surface area (TPSA) is 87.2 Å². The summed E-state index contributed by atoms with van der Waals surface area (Å²) >= 11 is 0. The standard InChI is InChI=1S/C15H19F2N5O2S/c1-10-20-14(9-15(21-10)22(2)3)18-4-5-19-25(23,24)13-7-11(16)6-12(17)8-13/h6-9,19H,4-5H2,1-3H3,(H,18,20,21). The molecule has 0 atom stereocenters. The summed E-state index contributed by atoms with van der Waals surface area (Å²) < 4.78 is 52.6. The van der Waals surface area contributed by atoms with Gasteiger partial charge in [-0.3, -0.25) is 0 Å². The van der Waals surface area contributed by atoms with Crippen LogP contribution in [0.3, 0.4) is 0 Å². The Labute approximate surface area is 145 Å². The van der Waals surface area contributed by atoms with Crippen molar-refractivity contribution in [2.45, 2.75) is 11.8 Å². The van der Waals surface area contributed by atoms with Crippen LogP contribution in [0.4, 0.5) is 20.4 Å². The van der Waals surface area contributed by atoms with Gasteiger partial charge in [-0.2, -0.15) is 0 Å². The Kier molecular flexibility index (Phi) is 5.85. The summed E-state index contributed by atoms with van der Waals surface area (Å²) in [5, 5.41) is 2.97. The van der Waals surface area contributed by atoms with Gasteiger partial charge in [0.2, 0.25) is 10.0 Å². The van der Waals surface area contributed by atoms with Gasteiger partial charge in [-0.1, -0.05) is 0 Å². The van der Waals surface area contributed by atoms with Crippen molar-refractivity contribution in [1.29, 1.82) is 0 Å². The quantitative estimate of drug-likeness (QED) is 0.718. The van der Waals surface area contributed by atoms with Crippen LogP contribution >= 0.6 is 0 Å².